The molecule has 18 heavy (non-hydrogen) atoms. The third-order valence-electron chi connectivity index (χ3n) is 3.18. The summed E-state index contributed by atoms with van der Waals surface area (Å²) in [5.74, 6) is 0.0223. The van der Waals surface area contributed by atoms with Gasteiger partial charge < -0.3 is 10.6 Å². The molecule has 1 aliphatic rings. The largest absolute Gasteiger partial charge is 0.325 e. The second-order valence-corrected chi connectivity index (χ2v) is 5.00. The lowest BCUT2D eigenvalue weighted by molar-refractivity contribution is -0.117. The van der Waals surface area contributed by atoms with Crippen LogP contribution < -0.4 is 10.6 Å². The van der Waals surface area contributed by atoms with Gasteiger partial charge in [0.25, 0.3) is 0 Å². The normalized spacial score (nSPS) is 20.0. The number of rotatable bonds is 4. The van der Waals surface area contributed by atoms with Crippen molar-refractivity contribution in [3.05, 3.63) is 29.3 Å². The first-order valence-corrected chi connectivity index (χ1v) is 6.50. The number of nitrogens with zero attached hydrogens (tertiary/aromatic N) is 1. The van der Waals surface area contributed by atoms with Crippen molar-refractivity contribution in [1.29, 1.82) is 0 Å². The molecule has 0 bridgehead atoms. The SMILES string of the molecule is CNC1CCN(CC(=O)Nc2ccc(Cl)cc2)C1. The summed E-state index contributed by atoms with van der Waals surface area (Å²) in [5, 5.41) is 6.77. The lowest BCUT2D eigenvalue weighted by Crippen LogP contribution is -2.34. The first-order chi connectivity index (χ1) is 8.67. The van der Waals surface area contributed by atoms with Crippen LogP contribution in [-0.4, -0.2) is 43.5 Å². The van der Waals surface area contributed by atoms with Gasteiger partial charge in [-0.05, 0) is 37.7 Å². The van der Waals surface area contributed by atoms with E-state index in [1.165, 1.54) is 0 Å². The summed E-state index contributed by atoms with van der Waals surface area (Å²) in [7, 11) is 1.96. The van der Waals surface area contributed by atoms with Crippen molar-refractivity contribution in [3.8, 4) is 0 Å². The maximum absolute atomic E-state index is 11.8. The molecule has 1 unspecified atom stereocenters. The highest BCUT2D eigenvalue weighted by atomic mass is 35.5. The van der Waals surface area contributed by atoms with Crippen LogP contribution in [-0.2, 0) is 4.79 Å². The van der Waals surface area contributed by atoms with Crippen LogP contribution >= 0.6 is 11.6 Å². The first-order valence-electron chi connectivity index (χ1n) is 6.12. The highest BCUT2D eigenvalue weighted by Crippen LogP contribution is 2.14. The van der Waals surface area contributed by atoms with Crippen molar-refractivity contribution >= 4 is 23.2 Å². The zero-order valence-electron chi connectivity index (χ0n) is 10.4. The summed E-state index contributed by atoms with van der Waals surface area (Å²) < 4.78 is 0. The minimum Gasteiger partial charge on any atom is -0.325 e. The maximum atomic E-state index is 11.8. The number of likely N-dealkylation sites (N-methyl/N-ethyl adjacent to an activating group) is 1. The molecular weight excluding hydrogens is 250 g/mol. The van der Waals surface area contributed by atoms with E-state index in [2.05, 4.69) is 15.5 Å². The van der Waals surface area contributed by atoms with Crippen LogP contribution in [0.5, 0.6) is 0 Å². The Kier molecular flexibility index (Phi) is 4.58. The molecule has 98 valence electrons. The fraction of sp³-hybridized carbons (Fsp3) is 0.462. The van der Waals surface area contributed by atoms with Crippen LogP contribution in [0.25, 0.3) is 0 Å². The third kappa shape index (κ3) is 3.70. The molecule has 0 aromatic heterocycles. The van der Waals surface area contributed by atoms with E-state index < -0.39 is 0 Å². The summed E-state index contributed by atoms with van der Waals surface area (Å²) in [6.45, 7) is 2.35. The van der Waals surface area contributed by atoms with E-state index in [1.54, 1.807) is 24.3 Å². The Balaban J connectivity index is 1.80. The zero-order chi connectivity index (χ0) is 13.0. The Morgan fingerprint density at radius 3 is 2.78 bits per heavy atom. The number of carbonyl (C=O) groups is 1. The summed E-state index contributed by atoms with van der Waals surface area (Å²) in [6.07, 6.45) is 1.10. The first kappa shape index (κ1) is 13.3. The van der Waals surface area contributed by atoms with Crippen molar-refractivity contribution in [1.82, 2.24) is 10.2 Å². The number of amides is 1. The van der Waals surface area contributed by atoms with Gasteiger partial charge in [0.2, 0.25) is 5.91 Å². The predicted molar refractivity (Wildman–Crippen MR) is 74.0 cm³/mol. The van der Waals surface area contributed by atoms with E-state index in [9.17, 15) is 4.79 Å². The highest BCUT2D eigenvalue weighted by molar-refractivity contribution is 6.30. The molecule has 1 atom stereocenters. The highest BCUT2D eigenvalue weighted by Gasteiger charge is 2.22. The summed E-state index contributed by atoms with van der Waals surface area (Å²) >= 11 is 5.79. The molecule has 1 heterocycles. The van der Waals surface area contributed by atoms with Gasteiger partial charge in [0, 0.05) is 29.8 Å². The molecule has 4 nitrogen and oxygen atoms in total. The van der Waals surface area contributed by atoms with Gasteiger partial charge in [0.15, 0.2) is 0 Å². The molecule has 1 aromatic rings. The van der Waals surface area contributed by atoms with Crippen LogP contribution in [0.2, 0.25) is 5.02 Å². The number of likely N-dealkylation sites (tertiary alicyclic amines) is 1. The minimum atomic E-state index is 0.0223. The quantitative estimate of drug-likeness (QED) is 0.871. The van der Waals surface area contributed by atoms with Gasteiger partial charge in [-0.2, -0.15) is 0 Å². The van der Waals surface area contributed by atoms with E-state index in [0.717, 1.165) is 25.2 Å². The van der Waals surface area contributed by atoms with Gasteiger partial charge >= 0.3 is 0 Å². The lowest BCUT2D eigenvalue weighted by atomic mass is 10.3. The molecule has 1 amide bonds. The second kappa shape index (κ2) is 6.18. The zero-order valence-corrected chi connectivity index (χ0v) is 11.2. The molecule has 1 fully saturated rings. The Hall–Kier alpha value is -1.10. The van der Waals surface area contributed by atoms with Crippen molar-refractivity contribution in [2.75, 3.05) is 32.0 Å². The van der Waals surface area contributed by atoms with Gasteiger partial charge in [-0.25, -0.2) is 0 Å². The van der Waals surface area contributed by atoms with E-state index in [-0.39, 0.29) is 5.91 Å². The van der Waals surface area contributed by atoms with E-state index in [1.807, 2.05) is 7.05 Å². The molecule has 0 aliphatic carbocycles. The van der Waals surface area contributed by atoms with Crippen molar-refractivity contribution in [2.45, 2.75) is 12.5 Å². The second-order valence-electron chi connectivity index (χ2n) is 4.56. The van der Waals surface area contributed by atoms with Crippen LogP contribution in [0.3, 0.4) is 0 Å². The van der Waals surface area contributed by atoms with Crippen LogP contribution in [0.4, 0.5) is 5.69 Å². The van der Waals surface area contributed by atoms with Gasteiger partial charge in [-0.1, -0.05) is 11.6 Å². The number of benzene rings is 1. The van der Waals surface area contributed by atoms with E-state index in [4.69, 9.17) is 11.6 Å². The molecule has 1 aromatic carbocycles. The topological polar surface area (TPSA) is 44.4 Å². The third-order valence-corrected chi connectivity index (χ3v) is 3.43. The summed E-state index contributed by atoms with van der Waals surface area (Å²) in [6, 6.07) is 7.66. The number of carbonyl (C=O) groups excluding carboxylic acids is 1. The molecule has 1 aliphatic heterocycles. The smallest absolute Gasteiger partial charge is 0.238 e. The molecule has 0 radical (unpaired) electrons. The maximum Gasteiger partial charge on any atom is 0.238 e. The molecule has 2 rings (SSSR count). The monoisotopic (exact) mass is 267 g/mol. The van der Waals surface area contributed by atoms with Gasteiger partial charge in [0.1, 0.15) is 0 Å². The van der Waals surface area contributed by atoms with Crippen LogP contribution in [0.15, 0.2) is 24.3 Å². The molecular formula is C13H18ClN3O. The van der Waals surface area contributed by atoms with Gasteiger partial charge in [0.05, 0.1) is 6.54 Å². The Labute approximate surface area is 112 Å². The van der Waals surface area contributed by atoms with E-state index in [0.29, 0.717) is 17.6 Å². The van der Waals surface area contributed by atoms with Gasteiger partial charge in [-0.3, -0.25) is 9.69 Å². The molecule has 0 spiro atoms. The van der Waals surface area contributed by atoms with Crippen molar-refractivity contribution in [3.63, 3.8) is 0 Å². The van der Waals surface area contributed by atoms with Crippen molar-refractivity contribution in [2.24, 2.45) is 0 Å². The van der Waals surface area contributed by atoms with E-state index >= 15 is 0 Å². The Bertz CT molecular complexity index is 407. The molecule has 5 heteroatoms. The van der Waals surface area contributed by atoms with Crippen LogP contribution in [0, 0.1) is 0 Å². The molecule has 2 N–H and O–H groups in total. The number of hydrogen-bond acceptors (Lipinski definition) is 3. The summed E-state index contributed by atoms with van der Waals surface area (Å²) in [4.78, 5) is 14.0. The Morgan fingerprint density at radius 2 is 2.17 bits per heavy atom. The standard InChI is InChI=1S/C13H18ClN3O/c1-15-12-6-7-17(8-12)9-13(18)16-11-4-2-10(14)3-5-11/h2-5,12,15H,6-9H2,1H3,(H,16,18). The van der Waals surface area contributed by atoms with Crippen LogP contribution in [0.1, 0.15) is 6.42 Å². The minimum absolute atomic E-state index is 0.0223. The Morgan fingerprint density at radius 1 is 1.44 bits per heavy atom. The molecule has 1 saturated heterocycles. The fourth-order valence-corrected chi connectivity index (χ4v) is 2.27. The average molecular weight is 268 g/mol. The number of hydrogen-bond donors (Lipinski definition) is 2. The average Bonchev–Trinajstić information content (AvgIpc) is 2.79. The number of nitrogens with one attached hydrogen (secondary N) is 2. The number of anilines is 1. The predicted octanol–water partition coefficient (Wildman–Crippen LogP) is 1.57. The van der Waals surface area contributed by atoms with Gasteiger partial charge in [-0.15, -0.1) is 0 Å². The fourth-order valence-electron chi connectivity index (χ4n) is 2.15. The van der Waals surface area contributed by atoms with Crippen molar-refractivity contribution < 1.29 is 4.79 Å². The number of halogens is 1. The summed E-state index contributed by atoms with van der Waals surface area (Å²) in [5.41, 5.74) is 0.786. The lowest BCUT2D eigenvalue weighted by Gasteiger charge is -2.15. The molecule has 0 saturated carbocycles.